The number of nitrogens with zero attached hydrogens (tertiary/aromatic N) is 2. The minimum atomic E-state index is -0.105. The van der Waals surface area contributed by atoms with Gasteiger partial charge in [0.15, 0.2) is 0 Å². The van der Waals surface area contributed by atoms with Crippen LogP contribution in [0.5, 0.6) is 0 Å². The lowest BCUT2D eigenvalue weighted by Gasteiger charge is -2.25. The van der Waals surface area contributed by atoms with E-state index in [9.17, 15) is 4.79 Å². The summed E-state index contributed by atoms with van der Waals surface area (Å²) in [5.41, 5.74) is 3.29. The second-order valence-corrected chi connectivity index (χ2v) is 6.20. The smallest absolute Gasteiger partial charge is 0.226 e. The topological polar surface area (TPSA) is 56.1 Å². The molecule has 0 saturated heterocycles. The molecule has 0 fully saturated rings. The fraction of sp³-hybridized carbons (Fsp3) is 0.130. The predicted molar refractivity (Wildman–Crippen MR) is 108 cm³/mol. The molecule has 134 valence electrons. The van der Waals surface area contributed by atoms with Crippen molar-refractivity contribution in [2.24, 2.45) is 0 Å². The maximum Gasteiger partial charge on any atom is 0.226 e. The summed E-state index contributed by atoms with van der Waals surface area (Å²) >= 11 is 0. The fourth-order valence-electron chi connectivity index (χ4n) is 2.88. The first kappa shape index (κ1) is 18.2. The van der Waals surface area contributed by atoms with Crippen molar-refractivity contribution in [1.82, 2.24) is 0 Å². The van der Waals surface area contributed by atoms with E-state index in [1.54, 1.807) is 18.2 Å². The van der Waals surface area contributed by atoms with E-state index < -0.39 is 0 Å². The number of anilines is 2. The van der Waals surface area contributed by atoms with Gasteiger partial charge in [0.25, 0.3) is 0 Å². The van der Waals surface area contributed by atoms with Crippen LogP contribution in [-0.4, -0.2) is 12.5 Å². The summed E-state index contributed by atoms with van der Waals surface area (Å²) in [5.74, 6) is -0.105. The SMILES string of the molecule is N#Cc1ccccc1NC(=O)CCN(Cc1ccccc1)c1ccccc1. The molecular formula is C23H21N3O. The number of nitrogens with one attached hydrogen (secondary N) is 1. The molecule has 0 aliphatic heterocycles. The van der Waals surface area contributed by atoms with E-state index in [1.165, 1.54) is 5.56 Å². The van der Waals surface area contributed by atoms with Crippen molar-refractivity contribution in [2.45, 2.75) is 13.0 Å². The van der Waals surface area contributed by atoms with Crippen LogP contribution in [0, 0.1) is 11.3 Å². The van der Waals surface area contributed by atoms with E-state index >= 15 is 0 Å². The van der Waals surface area contributed by atoms with E-state index in [-0.39, 0.29) is 5.91 Å². The van der Waals surface area contributed by atoms with Gasteiger partial charge in [0.1, 0.15) is 6.07 Å². The van der Waals surface area contributed by atoms with Gasteiger partial charge in [0.05, 0.1) is 11.3 Å². The highest BCUT2D eigenvalue weighted by Gasteiger charge is 2.11. The molecule has 4 heteroatoms. The molecule has 4 nitrogen and oxygen atoms in total. The van der Waals surface area contributed by atoms with Crippen LogP contribution in [0.1, 0.15) is 17.5 Å². The molecule has 0 bridgehead atoms. The van der Waals surface area contributed by atoms with Gasteiger partial charge in [-0.05, 0) is 29.8 Å². The Hall–Kier alpha value is -3.58. The van der Waals surface area contributed by atoms with Crippen molar-refractivity contribution < 1.29 is 4.79 Å². The van der Waals surface area contributed by atoms with Crippen LogP contribution in [0.4, 0.5) is 11.4 Å². The predicted octanol–water partition coefficient (Wildman–Crippen LogP) is 4.59. The van der Waals surface area contributed by atoms with E-state index in [4.69, 9.17) is 5.26 Å². The summed E-state index contributed by atoms with van der Waals surface area (Å²) < 4.78 is 0. The Bertz CT molecular complexity index is 917. The van der Waals surface area contributed by atoms with Gasteiger partial charge in [-0.25, -0.2) is 0 Å². The Labute approximate surface area is 159 Å². The highest BCUT2D eigenvalue weighted by atomic mass is 16.1. The van der Waals surface area contributed by atoms with Crippen LogP contribution in [0.3, 0.4) is 0 Å². The molecule has 0 saturated carbocycles. The maximum absolute atomic E-state index is 12.4. The van der Waals surface area contributed by atoms with Crippen LogP contribution in [0.2, 0.25) is 0 Å². The molecule has 27 heavy (non-hydrogen) atoms. The number of hydrogen-bond acceptors (Lipinski definition) is 3. The molecule has 0 atom stereocenters. The monoisotopic (exact) mass is 355 g/mol. The minimum Gasteiger partial charge on any atom is -0.367 e. The largest absolute Gasteiger partial charge is 0.367 e. The van der Waals surface area contributed by atoms with Crippen molar-refractivity contribution >= 4 is 17.3 Å². The van der Waals surface area contributed by atoms with E-state index in [0.29, 0.717) is 24.2 Å². The molecule has 1 amide bonds. The van der Waals surface area contributed by atoms with Crippen LogP contribution >= 0.6 is 0 Å². The Kier molecular flexibility index (Phi) is 6.21. The molecule has 3 rings (SSSR count). The van der Waals surface area contributed by atoms with Crippen molar-refractivity contribution in [2.75, 3.05) is 16.8 Å². The fourth-order valence-corrected chi connectivity index (χ4v) is 2.88. The van der Waals surface area contributed by atoms with Crippen LogP contribution in [0.25, 0.3) is 0 Å². The number of nitriles is 1. The quantitative estimate of drug-likeness (QED) is 0.674. The van der Waals surface area contributed by atoms with Crippen LogP contribution in [0.15, 0.2) is 84.9 Å². The number of hydrogen-bond donors (Lipinski definition) is 1. The van der Waals surface area contributed by atoms with Gasteiger partial charge in [-0.3, -0.25) is 4.79 Å². The van der Waals surface area contributed by atoms with Crippen LogP contribution in [-0.2, 0) is 11.3 Å². The normalized spacial score (nSPS) is 10.0. The summed E-state index contributed by atoms with van der Waals surface area (Å²) in [5, 5.41) is 12.0. The zero-order chi connectivity index (χ0) is 18.9. The van der Waals surface area contributed by atoms with Gasteiger partial charge in [0.2, 0.25) is 5.91 Å². The Balaban J connectivity index is 1.67. The molecule has 0 aromatic heterocycles. The van der Waals surface area contributed by atoms with E-state index in [2.05, 4.69) is 28.4 Å². The molecule has 0 heterocycles. The van der Waals surface area contributed by atoms with E-state index in [0.717, 1.165) is 12.2 Å². The first-order chi connectivity index (χ1) is 13.3. The molecule has 0 spiro atoms. The summed E-state index contributed by atoms with van der Waals surface area (Å²) in [4.78, 5) is 14.6. The van der Waals surface area contributed by atoms with Crippen molar-refractivity contribution in [3.63, 3.8) is 0 Å². The number of amides is 1. The minimum absolute atomic E-state index is 0.105. The third kappa shape index (κ3) is 5.20. The number of rotatable bonds is 7. The number of carbonyl (C=O) groups is 1. The standard InChI is InChI=1S/C23H21N3O/c24-17-20-11-7-8-14-22(20)25-23(27)15-16-26(21-12-5-2-6-13-21)18-19-9-3-1-4-10-19/h1-14H,15-16,18H2,(H,25,27). The van der Waals surface area contributed by atoms with E-state index in [1.807, 2.05) is 54.6 Å². The van der Waals surface area contributed by atoms with Crippen molar-refractivity contribution in [3.05, 3.63) is 96.1 Å². The zero-order valence-electron chi connectivity index (χ0n) is 15.0. The molecule has 0 aliphatic carbocycles. The molecule has 0 radical (unpaired) electrons. The average Bonchev–Trinajstić information content (AvgIpc) is 2.73. The molecular weight excluding hydrogens is 334 g/mol. The van der Waals surface area contributed by atoms with Gasteiger partial charge in [0, 0.05) is 25.2 Å². The Morgan fingerprint density at radius 2 is 1.52 bits per heavy atom. The summed E-state index contributed by atoms with van der Waals surface area (Å²) in [6.45, 7) is 1.31. The lowest BCUT2D eigenvalue weighted by atomic mass is 10.1. The number of para-hydroxylation sites is 2. The molecule has 0 aliphatic rings. The second-order valence-electron chi connectivity index (χ2n) is 6.20. The van der Waals surface area contributed by atoms with Crippen molar-refractivity contribution in [1.29, 1.82) is 5.26 Å². The number of carbonyl (C=O) groups excluding carboxylic acids is 1. The molecule has 0 unspecified atom stereocenters. The second kappa shape index (κ2) is 9.21. The maximum atomic E-state index is 12.4. The highest BCUT2D eigenvalue weighted by molar-refractivity contribution is 5.92. The van der Waals surface area contributed by atoms with Gasteiger partial charge in [-0.15, -0.1) is 0 Å². The van der Waals surface area contributed by atoms with Gasteiger partial charge < -0.3 is 10.2 Å². The molecule has 1 N–H and O–H groups in total. The van der Waals surface area contributed by atoms with Crippen LogP contribution < -0.4 is 10.2 Å². The van der Waals surface area contributed by atoms with Gasteiger partial charge >= 0.3 is 0 Å². The summed E-state index contributed by atoms with van der Waals surface area (Å²) in [6.07, 6.45) is 0.335. The first-order valence-corrected chi connectivity index (χ1v) is 8.89. The molecule has 3 aromatic carbocycles. The Morgan fingerprint density at radius 3 is 2.22 bits per heavy atom. The zero-order valence-corrected chi connectivity index (χ0v) is 15.0. The van der Waals surface area contributed by atoms with Gasteiger partial charge in [-0.1, -0.05) is 60.7 Å². The lowest BCUT2D eigenvalue weighted by Crippen LogP contribution is -2.27. The molecule has 3 aromatic rings. The Morgan fingerprint density at radius 1 is 0.889 bits per heavy atom. The summed E-state index contributed by atoms with van der Waals surface area (Å²) in [7, 11) is 0. The third-order valence-corrected chi connectivity index (χ3v) is 4.27. The first-order valence-electron chi connectivity index (χ1n) is 8.89. The average molecular weight is 355 g/mol. The highest BCUT2D eigenvalue weighted by Crippen LogP contribution is 2.18. The summed E-state index contributed by atoms with van der Waals surface area (Å²) in [6, 6.07) is 29.4. The number of benzene rings is 3. The van der Waals surface area contributed by atoms with Crippen molar-refractivity contribution in [3.8, 4) is 6.07 Å². The lowest BCUT2D eigenvalue weighted by molar-refractivity contribution is -0.116. The van der Waals surface area contributed by atoms with Gasteiger partial charge in [-0.2, -0.15) is 5.26 Å². The third-order valence-electron chi connectivity index (χ3n) is 4.27.